The normalized spacial score (nSPS) is 18.1. The molecule has 1 amide bonds. The van der Waals surface area contributed by atoms with E-state index < -0.39 is 0 Å². The quantitative estimate of drug-likeness (QED) is 0.867. The molecule has 1 aliphatic heterocycles. The standard InChI is InChI=1S/C16H21BrN5O2/c1-16(2,3)22-10(12-6-5-7-24-12)9-14(20-22)18-15(23)11-8-13(17)19-21(11)4/h5,8-9,12H,6-7H2,1-4H3,(H,18,20,23)/t12-/m1/s1. The molecule has 2 aromatic rings. The lowest BCUT2D eigenvalue weighted by Crippen LogP contribution is -2.26. The number of aryl methyl sites for hydroxylation is 1. The Labute approximate surface area is 149 Å². The van der Waals surface area contributed by atoms with Crippen LogP contribution in [0.25, 0.3) is 0 Å². The van der Waals surface area contributed by atoms with Gasteiger partial charge in [0, 0.05) is 19.2 Å². The van der Waals surface area contributed by atoms with E-state index in [0.29, 0.717) is 22.7 Å². The second-order valence-corrected chi connectivity index (χ2v) is 7.63. The van der Waals surface area contributed by atoms with E-state index in [1.54, 1.807) is 13.1 Å². The summed E-state index contributed by atoms with van der Waals surface area (Å²) in [7, 11) is 1.72. The Morgan fingerprint density at radius 2 is 2.12 bits per heavy atom. The molecule has 0 aromatic carbocycles. The minimum atomic E-state index is -0.250. The van der Waals surface area contributed by atoms with Gasteiger partial charge in [-0.05, 0) is 49.5 Å². The summed E-state index contributed by atoms with van der Waals surface area (Å²) in [5.41, 5.74) is 1.22. The van der Waals surface area contributed by atoms with Crippen LogP contribution in [-0.4, -0.2) is 32.1 Å². The molecule has 3 heterocycles. The maximum Gasteiger partial charge on any atom is 0.275 e. The average Bonchev–Trinajstić information content (AvgIpc) is 3.16. The van der Waals surface area contributed by atoms with Crippen molar-refractivity contribution in [2.75, 3.05) is 11.9 Å². The van der Waals surface area contributed by atoms with E-state index in [-0.39, 0.29) is 17.6 Å². The van der Waals surface area contributed by atoms with E-state index in [0.717, 1.165) is 12.1 Å². The van der Waals surface area contributed by atoms with Crippen LogP contribution < -0.4 is 5.32 Å². The highest BCUT2D eigenvalue weighted by Gasteiger charge is 2.28. The van der Waals surface area contributed by atoms with Crippen LogP contribution in [0.4, 0.5) is 5.82 Å². The topological polar surface area (TPSA) is 74.0 Å². The Hall–Kier alpha value is -1.67. The first-order valence-electron chi connectivity index (χ1n) is 7.80. The van der Waals surface area contributed by atoms with E-state index in [4.69, 9.17) is 4.74 Å². The zero-order valence-electron chi connectivity index (χ0n) is 14.2. The van der Waals surface area contributed by atoms with E-state index in [9.17, 15) is 4.79 Å². The first kappa shape index (κ1) is 17.2. The number of anilines is 1. The highest BCUT2D eigenvalue weighted by molar-refractivity contribution is 9.10. The van der Waals surface area contributed by atoms with E-state index >= 15 is 0 Å². The summed E-state index contributed by atoms with van der Waals surface area (Å²) in [5.74, 6) is 0.262. The number of carbonyl (C=O) groups excluding carboxylic acids is 1. The van der Waals surface area contributed by atoms with Crippen LogP contribution in [0, 0.1) is 6.42 Å². The Morgan fingerprint density at radius 1 is 1.38 bits per heavy atom. The van der Waals surface area contributed by atoms with Crippen molar-refractivity contribution in [1.82, 2.24) is 19.6 Å². The summed E-state index contributed by atoms with van der Waals surface area (Å²) < 4.78 is 9.81. The molecule has 1 saturated heterocycles. The number of carbonyl (C=O) groups is 1. The molecular formula is C16H21BrN5O2. The van der Waals surface area contributed by atoms with Crippen molar-refractivity contribution < 1.29 is 9.53 Å². The SMILES string of the molecule is Cn1nc(Br)cc1C(=O)Nc1cc([C@H]2C[CH]CO2)n(C(C)(C)C)n1. The molecule has 1 aliphatic rings. The molecule has 0 saturated carbocycles. The van der Waals surface area contributed by atoms with Gasteiger partial charge in [-0.25, -0.2) is 0 Å². The lowest BCUT2D eigenvalue weighted by molar-refractivity contribution is 0.101. The highest BCUT2D eigenvalue weighted by Crippen LogP contribution is 2.32. The van der Waals surface area contributed by atoms with Crippen LogP contribution in [0.15, 0.2) is 16.7 Å². The number of nitrogens with one attached hydrogen (secondary N) is 1. The maximum atomic E-state index is 12.5. The zero-order chi connectivity index (χ0) is 17.5. The Kier molecular flexibility index (Phi) is 4.52. The minimum absolute atomic E-state index is 0.0202. The molecule has 7 nitrogen and oxygen atoms in total. The average molecular weight is 395 g/mol. The van der Waals surface area contributed by atoms with Gasteiger partial charge < -0.3 is 10.1 Å². The van der Waals surface area contributed by atoms with E-state index in [1.807, 2.05) is 10.7 Å². The van der Waals surface area contributed by atoms with Gasteiger partial charge in [0.15, 0.2) is 5.82 Å². The molecule has 0 aliphatic carbocycles. The van der Waals surface area contributed by atoms with Gasteiger partial charge in [-0.3, -0.25) is 14.2 Å². The number of halogens is 1. The zero-order valence-corrected chi connectivity index (χ0v) is 15.8. The van der Waals surface area contributed by atoms with Crippen molar-refractivity contribution in [2.24, 2.45) is 7.05 Å². The third-order valence-electron chi connectivity index (χ3n) is 3.82. The maximum absolute atomic E-state index is 12.5. The molecule has 0 unspecified atom stereocenters. The number of hydrogen-bond donors (Lipinski definition) is 1. The predicted molar refractivity (Wildman–Crippen MR) is 93.7 cm³/mol. The summed E-state index contributed by atoms with van der Waals surface area (Å²) in [4.78, 5) is 12.5. The summed E-state index contributed by atoms with van der Waals surface area (Å²) in [6.45, 7) is 6.87. The number of hydrogen-bond acceptors (Lipinski definition) is 4. The molecule has 0 bridgehead atoms. The van der Waals surface area contributed by atoms with E-state index in [1.165, 1.54) is 4.68 Å². The monoisotopic (exact) mass is 394 g/mol. The Balaban J connectivity index is 1.88. The summed E-state index contributed by atoms with van der Waals surface area (Å²) in [6, 6.07) is 3.56. The van der Waals surface area contributed by atoms with Crippen LogP contribution >= 0.6 is 15.9 Å². The Morgan fingerprint density at radius 3 is 2.67 bits per heavy atom. The number of rotatable bonds is 3. The molecule has 8 heteroatoms. The highest BCUT2D eigenvalue weighted by atomic mass is 79.9. The van der Waals surface area contributed by atoms with Crippen molar-refractivity contribution in [1.29, 1.82) is 0 Å². The van der Waals surface area contributed by atoms with Crippen molar-refractivity contribution in [3.63, 3.8) is 0 Å². The lowest BCUT2D eigenvalue weighted by Gasteiger charge is -2.24. The van der Waals surface area contributed by atoms with Gasteiger partial charge in [0.1, 0.15) is 10.3 Å². The van der Waals surface area contributed by atoms with E-state index in [2.05, 4.69) is 58.6 Å². The van der Waals surface area contributed by atoms with Gasteiger partial charge in [-0.2, -0.15) is 10.2 Å². The van der Waals surface area contributed by atoms with Crippen LogP contribution in [0.3, 0.4) is 0 Å². The molecule has 2 aromatic heterocycles. The Bertz CT molecular complexity index is 753. The molecule has 0 spiro atoms. The van der Waals surface area contributed by atoms with Gasteiger partial charge in [-0.1, -0.05) is 0 Å². The molecule has 24 heavy (non-hydrogen) atoms. The fourth-order valence-corrected chi connectivity index (χ4v) is 3.18. The predicted octanol–water partition coefficient (Wildman–Crippen LogP) is 3.05. The van der Waals surface area contributed by atoms with Gasteiger partial charge in [0.2, 0.25) is 0 Å². The summed E-state index contributed by atoms with van der Waals surface area (Å²) >= 11 is 3.27. The smallest absolute Gasteiger partial charge is 0.275 e. The first-order valence-corrected chi connectivity index (χ1v) is 8.59. The van der Waals surface area contributed by atoms with Gasteiger partial charge >= 0.3 is 0 Å². The van der Waals surface area contributed by atoms with Crippen molar-refractivity contribution in [3.8, 4) is 0 Å². The van der Waals surface area contributed by atoms with Crippen LogP contribution in [-0.2, 0) is 17.3 Å². The largest absolute Gasteiger partial charge is 0.372 e. The fraction of sp³-hybridized carbons (Fsp3) is 0.500. The fourth-order valence-electron chi connectivity index (χ4n) is 2.73. The molecule has 1 N–H and O–H groups in total. The van der Waals surface area contributed by atoms with Crippen LogP contribution in [0.5, 0.6) is 0 Å². The van der Waals surface area contributed by atoms with Gasteiger partial charge in [0.25, 0.3) is 5.91 Å². The summed E-state index contributed by atoms with van der Waals surface area (Å²) in [5, 5.41) is 11.5. The van der Waals surface area contributed by atoms with Crippen molar-refractivity contribution >= 4 is 27.7 Å². The third kappa shape index (κ3) is 3.39. The second kappa shape index (κ2) is 6.33. The summed E-state index contributed by atoms with van der Waals surface area (Å²) in [6.07, 6.45) is 2.94. The van der Waals surface area contributed by atoms with Crippen molar-refractivity contribution in [3.05, 3.63) is 34.5 Å². The lowest BCUT2D eigenvalue weighted by atomic mass is 10.1. The number of amides is 1. The number of aromatic nitrogens is 4. The number of ether oxygens (including phenoxy) is 1. The molecule has 1 radical (unpaired) electrons. The van der Waals surface area contributed by atoms with Crippen LogP contribution in [0.2, 0.25) is 0 Å². The molecule has 1 atom stereocenters. The molecule has 1 fully saturated rings. The van der Waals surface area contributed by atoms with Gasteiger partial charge in [0.05, 0.1) is 23.9 Å². The van der Waals surface area contributed by atoms with Crippen molar-refractivity contribution in [2.45, 2.75) is 38.8 Å². The molecular weight excluding hydrogens is 374 g/mol. The number of nitrogens with zero attached hydrogens (tertiary/aromatic N) is 4. The molecule has 3 rings (SSSR count). The van der Waals surface area contributed by atoms with Crippen LogP contribution in [0.1, 0.15) is 49.5 Å². The first-order chi connectivity index (χ1) is 11.3. The van der Waals surface area contributed by atoms with Gasteiger partial charge in [-0.15, -0.1) is 0 Å². The minimum Gasteiger partial charge on any atom is -0.372 e. The third-order valence-corrected chi connectivity index (χ3v) is 4.21. The second-order valence-electron chi connectivity index (χ2n) is 6.81. The molecule has 129 valence electrons.